The largest absolute Gasteiger partial charge is 0.497 e. The van der Waals surface area contributed by atoms with E-state index in [0.29, 0.717) is 6.54 Å². The average molecular weight is 403 g/mol. The van der Waals surface area contributed by atoms with Crippen molar-refractivity contribution in [2.45, 2.75) is 19.4 Å². The zero-order chi connectivity index (χ0) is 20.7. The topological polar surface area (TPSA) is 71.3 Å². The van der Waals surface area contributed by atoms with Crippen LogP contribution in [-0.4, -0.2) is 64.9 Å². The predicted molar refractivity (Wildman–Crippen MR) is 117 cm³/mol. The molecule has 1 aromatic heterocycles. The summed E-state index contributed by atoms with van der Waals surface area (Å²) in [5.41, 5.74) is 1.13. The summed E-state index contributed by atoms with van der Waals surface area (Å²) in [6.07, 6.45) is 3.55. The second-order valence-electron chi connectivity index (χ2n) is 6.85. The number of rotatable bonds is 13. The summed E-state index contributed by atoms with van der Waals surface area (Å²) in [6.45, 7) is 4.92. The van der Waals surface area contributed by atoms with Crippen LogP contribution in [0.15, 0.2) is 52.1 Å². The van der Waals surface area contributed by atoms with Crippen molar-refractivity contribution in [1.82, 2.24) is 15.5 Å². The Hall–Kier alpha value is -2.51. The Balaban J connectivity index is 1.83. The van der Waals surface area contributed by atoms with Crippen molar-refractivity contribution in [3.05, 3.63) is 54.0 Å². The molecule has 7 nitrogen and oxygen atoms in total. The number of aliphatic imine (C=N–C) groups is 1. The Kier molecular flexibility index (Phi) is 10.7. The third kappa shape index (κ3) is 9.49. The zero-order valence-corrected chi connectivity index (χ0v) is 17.8. The van der Waals surface area contributed by atoms with Gasteiger partial charge in [0.25, 0.3) is 0 Å². The van der Waals surface area contributed by atoms with Crippen LogP contribution in [0.2, 0.25) is 0 Å². The average Bonchev–Trinajstić information content (AvgIpc) is 3.25. The molecule has 0 radical (unpaired) electrons. The monoisotopic (exact) mass is 402 g/mol. The Bertz CT molecular complexity index is 687. The van der Waals surface area contributed by atoms with Crippen LogP contribution in [0.1, 0.15) is 17.7 Å². The SMILES string of the molecule is COCCCN(C)CCNC(=NCc1ccc(OC)cc1)NCCc1ccco1. The van der Waals surface area contributed by atoms with Crippen molar-refractivity contribution >= 4 is 5.96 Å². The Morgan fingerprint density at radius 2 is 1.86 bits per heavy atom. The molecule has 0 aliphatic rings. The molecule has 160 valence electrons. The van der Waals surface area contributed by atoms with Crippen LogP contribution in [0.25, 0.3) is 0 Å². The van der Waals surface area contributed by atoms with E-state index < -0.39 is 0 Å². The lowest BCUT2D eigenvalue weighted by atomic mass is 10.2. The molecule has 0 saturated carbocycles. The number of likely N-dealkylation sites (N-methyl/N-ethyl adjacent to an activating group) is 1. The highest BCUT2D eigenvalue weighted by Gasteiger charge is 2.03. The summed E-state index contributed by atoms with van der Waals surface area (Å²) in [4.78, 5) is 7.01. The molecular formula is C22H34N4O3. The molecule has 0 unspecified atom stereocenters. The highest BCUT2D eigenvalue weighted by atomic mass is 16.5. The van der Waals surface area contributed by atoms with Crippen molar-refractivity contribution in [3.63, 3.8) is 0 Å². The molecule has 0 fully saturated rings. The van der Waals surface area contributed by atoms with Crippen molar-refractivity contribution in [1.29, 1.82) is 0 Å². The van der Waals surface area contributed by atoms with E-state index >= 15 is 0 Å². The number of guanidine groups is 1. The summed E-state index contributed by atoms with van der Waals surface area (Å²) in [6, 6.07) is 11.9. The molecule has 7 heteroatoms. The molecule has 1 aromatic carbocycles. The first-order chi connectivity index (χ1) is 14.2. The number of benzene rings is 1. The normalized spacial score (nSPS) is 11.7. The molecule has 0 spiro atoms. The van der Waals surface area contributed by atoms with Gasteiger partial charge in [-0.2, -0.15) is 0 Å². The van der Waals surface area contributed by atoms with E-state index in [9.17, 15) is 0 Å². The van der Waals surface area contributed by atoms with Gasteiger partial charge in [-0.3, -0.25) is 0 Å². The molecule has 0 bridgehead atoms. The van der Waals surface area contributed by atoms with Crippen molar-refractivity contribution < 1.29 is 13.9 Å². The maximum Gasteiger partial charge on any atom is 0.191 e. The highest BCUT2D eigenvalue weighted by molar-refractivity contribution is 5.79. The fourth-order valence-corrected chi connectivity index (χ4v) is 2.79. The first kappa shape index (κ1) is 22.8. The van der Waals surface area contributed by atoms with E-state index in [1.54, 1.807) is 20.5 Å². The molecule has 0 aliphatic carbocycles. The second kappa shape index (κ2) is 13.6. The lowest BCUT2D eigenvalue weighted by Crippen LogP contribution is -2.42. The number of methoxy groups -OCH3 is 2. The lowest BCUT2D eigenvalue weighted by Gasteiger charge is -2.18. The van der Waals surface area contributed by atoms with E-state index in [1.807, 2.05) is 36.4 Å². The number of hydrogen-bond donors (Lipinski definition) is 2. The van der Waals surface area contributed by atoms with Crippen LogP contribution in [0.3, 0.4) is 0 Å². The molecule has 2 N–H and O–H groups in total. The molecule has 0 amide bonds. The summed E-state index contributed by atoms with van der Waals surface area (Å²) in [7, 11) is 5.53. The molecule has 0 atom stereocenters. The smallest absolute Gasteiger partial charge is 0.191 e. The van der Waals surface area contributed by atoms with Gasteiger partial charge in [0, 0.05) is 46.3 Å². The first-order valence-electron chi connectivity index (χ1n) is 10.1. The number of nitrogens with one attached hydrogen (secondary N) is 2. The van der Waals surface area contributed by atoms with Crippen LogP contribution in [0.4, 0.5) is 0 Å². The minimum atomic E-state index is 0.601. The summed E-state index contributed by atoms with van der Waals surface area (Å²) >= 11 is 0. The van der Waals surface area contributed by atoms with Crippen LogP contribution in [-0.2, 0) is 17.7 Å². The van der Waals surface area contributed by atoms with E-state index in [-0.39, 0.29) is 0 Å². The fourth-order valence-electron chi connectivity index (χ4n) is 2.79. The lowest BCUT2D eigenvalue weighted by molar-refractivity contribution is 0.180. The van der Waals surface area contributed by atoms with Gasteiger partial charge in [-0.25, -0.2) is 4.99 Å². The standard InChI is InChI=1S/C22H34N4O3/c1-26(14-5-16-27-2)15-13-24-22(23-12-11-21-6-4-17-29-21)25-18-19-7-9-20(28-3)10-8-19/h4,6-10,17H,5,11-16,18H2,1-3H3,(H2,23,24,25). The maximum atomic E-state index is 5.40. The van der Waals surface area contributed by atoms with Gasteiger partial charge < -0.3 is 29.4 Å². The first-order valence-corrected chi connectivity index (χ1v) is 10.1. The van der Waals surface area contributed by atoms with E-state index in [2.05, 4.69) is 22.6 Å². The van der Waals surface area contributed by atoms with Gasteiger partial charge in [0.2, 0.25) is 0 Å². The number of furan rings is 1. The molecule has 0 saturated heterocycles. The summed E-state index contributed by atoms with van der Waals surface area (Å²) in [5.74, 6) is 2.62. The van der Waals surface area contributed by atoms with Gasteiger partial charge in [0.1, 0.15) is 11.5 Å². The minimum Gasteiger partial charge on any atom is -0.497 e. The second-order valence-corrected chi connectivity index (χ2v) is 6.85. The van der Waals surface area contributed by atoms with Crippen LogP contribution >= 0.6 is 0 Å². The van der Waals surface area contributed by atoms with Crippen LogP contribution in [0.5, 0.6) is 5.75 Å². The van der Waals surface area contributed by atoms with Crippen LogP contribution in [0, 0.1) is 0 Å². The zero-order valence-electron chi connectivity index (χ0n) is 17.8. The number of hydrogen-bond acceptors (Lipinski definition) is 5. The molecular weight excluding hydrogens is 368 g/mol. The molecule has 1 heterocycles. The fraction of sp³-hybridized carbons (Fsp3) is 0.500. The van der Waals surface area contributed by atoms with Gasteiger partial charge in [0.15, 0.2) is 5.96 Å². The third-order valence-electron chi connectivity index (χ3n) is 4.50. The van der Waals surface area contributed by atoms with Crippen molar-refractivity contribution in [2.75, 3.05) is 54.1 Å². The van der Waals surface area contributed by atoms with Gasteiger partial charge in [-0.1, -0.05) is 12.1 Å². The van der Waals surface area contributed by atoms with E-state index in [1.165, 1.54) is 0 Å². The van der Waals surface area contributed by atoms with Crippen molar-refractivity contribution in [3.8, 4) is 5.75 Å². The van der Waals surface area contributed by atoms with Gasteiger partial charge >= 0.3 is 0 Å². The minimum absolute atomic E-state index is 0.601. The molecule has 0 aliphatic heterocycles. The predicted octanol–water partition coefficient (Wildman–Crippen LogP) is 2.53. The van der Waals surface area contributed by atoms with Crippen molar-refractivity contribution in [2.24, 2.45) is 4.99 Å². The van der Waals surface area contributed by atoms with Gasteiger partial charge in [-0.15, -0.1) is 0 Å². The summed E-state index contributed by atoms with van der Waals surface area (Å²) in [5, 5.41) is 6.82. The molecule has 29 heavy (non-hydrogen) atoms. The third-order valence-corrected chi connectivity index (χ3v) is 4.50. The van der Waals surface area contributed by atoms with E-state index in [0.717, 1.165) is 68.7 Å². The number of nitrogens with zero attached hydrogens (tertiary/aromatic N) is 2. The molecule has 2 rings (SSSR count). The van der Waals surface area contributed by atoms with Crippen LogP contribution < -0.4 is 15.4 Å². The Morgan fingerprint density at radius 3 is 2.55 bits per heavy atom. The summed E-state index contributed by atoms with van der Waals surface area (Å²) < 4.78 is 15.7. The Morgan fingerprint density at radius 1 is 1.07 bits per heavy atom. The highest BCUT2D eigenvalue weighted by Crippen LogP contribution is 2.11. The van der Waals surface area contributed by atoms with Gasteiger partial charge in [-0.05, 0) is 43.3 Å². The maximum absolute atomic E-state index is 5.40. The van der Waals surface area contributed by atoms with E-state index in [4.69, 9.17) is 18.9 Å². The quantitative estimate of drug-likeness (QED) is 0.305. The van der Waals surface area contributed by atoms with Gasteiger partial charge in [0.05, 0.1) is 19.9 Å². The number of ether oxygens (including phenoxy) is 2. The Labute approximate surface area is 174 Å². The molecule has 2 aromatic rings.